The molecule has 0 amide bonds. The first-order chi connectivity index (χ1) is 9.31. The van der Waals surface area contributed by atoms with Crippen molar-refractivity contribution in [2.45, 2.75) is 6.92 Å². The van der Waals surface area contributed by atoms with Gasteiger partial charge in [-0.1, -0.05) is 6.92 Å². The lowest BCUT2D eigenvalue weighted by Gasteiger charge is -2.18. The van der Waals surface area contributed by atoms with Gasteiger partial charge in [-0.2, -0.15) is 0 Å². The number of anilines is 1. The van der Waals surface area contributed by atoms with Crippen molar-refractivity contribution in [3.63, 3.8) is 0 Å². The number of benzene rings is 1. The van der Waals surface area contributed by atoms with Gasteiger partial charge in [-0.15, -0.1) is 0 Å². The third kappa shape index (κ3) is 2.60. The van der Waals surface area contributed by atoms with Crippen LogP contribution in [0, 0.1) is 27.8 Å². The smallest absolute Gasteiger partial charge is 0.308 e. The fourth-order valence-electron chi connectivity index (χ4n) is 2.41. The van der Waals surface area contributed by atoms with Crippen molar-refractivity contribution in [1.82, 2.24) is 0 Å². The minimum Gasteiger partial charge on any atom is -0.481 e. The SMILES string of the molecule is C[C@@H]1CN(c2cc(Br)c(F)cc2[N+](=O)[O-])C[C@H]1C(=O)O. The second kappa shape index (κ2) is 5.35. The van der Waals surface area contributed by atoms with E-state index in [-0.39, 0.29) is 28.3 Å². The Hall–Kier alpha value is -1.70. The van der Waals surface area contributed by atoms with Crippen LogP contribution in [0.4, 0.5) is 15.8 Å². The molecule has 1 fully saturated rings. The summed E-state index contributed by atoms with van der Waals surface area (Å²) in [4.78, 5) is 23.1. The molecule has 8 heteroatoms. The number of carboxylic acids is 1. The van der Waals surface area contributed by atoms with Gasteiger partial charge in [0.25, 0.3) is 5.69 Å². The average Bonchev–Trinajstić information content (AvgIpc) is 2.74. The maximum absolute atomic E-state index is 13.4. The van der Waals surface area contributed by atoms with Crippen molar-refractivity contribution in [3.8, 4) is 0 Å². The number of nitro groups is 1. The van der Waals surface area contributed by atoms with Gasteiger partial charge in [0.15, 0.2) is 0 Å². The molecule has 1 N–H and O–H groups in total. The van der Waals surface area contributed by atoms with E-state index in [1.807, 2.05) is 0 Å². The van der Waals surface area contributed by atoms with Gasteiger partial charge < -0.3 is 10.0 Å². The van der Waals surface area contributed by atoms with Crippen LogP contribution in [0.15, 0.2) is 16.6 Å². The van der Waals surface area contributed by atoms with Gasteiger partial charge in [-0.3, -0.25) is 14.9 Å². The normalized spacial score (nSPS) is 22.1. The van der Waals surface area contributed by atoms with E-state index in [0.717, 1.165) is 6.07 Å². The molecule has 2 rings (SSSR count). The van der Waals surface area contributed by atoms with E-state index in [1.54, 1.807) is 11.8 Å². The molecule has 1 aliphatic heterocycles. The summed E-state index contributed by atoms with van der Waals surface area (Å²) in [7, 11) is 0. The topological polar surface area (TPSA) is 83.7 Å². The third-order valence-corrected chi connectivity index (χ3v) is 4.09. The van der Waals surface area contributed by atoms with E-state index in [0.29, 0.717) is 6.54 Å². The second-order valence-corrected chi connectivity index (χ2v) is 5.69. The van der Waals surface area contributed by atoms with E-state index < -0.39 is 22.6 Å². The van der Waals surface area contributed by atoms with Crippen molar-refractivity contribution in [1.29, 1.82) is 0 Å². The summed E-state index contributed by atoms with van der Waals surface area (Å²) in [6.07, 6.45) is 0. The number of carbonyl (C=O) groups is 1. The predicted molar refractivity (Wildman–Crippen MR) is 73.3 cm³/mol. The first kappa shape index (κ1) is 14.7. The maximum Gasteiger partial charge on any atom is 0.308 e. The minimum absolute atomic E-state index is 0.115. The molecule has 0 saturated carbocycles. The van der Waals surface area contributed by atoms with E-state index in [4.69, 9.17) is 5.11 Å². The number of hydrogen-bond acceptors (Lipinski definition) is 4. The molecule has 0 spiro atoms. The second-order valence-electron chi connectivity index (χ2n) is 4.84. The third-order valence-electron chi connectivity index (χ3n) is 3.48. The highest BCUT2D eigenvalue weighted by atomic mass is 79.9. The Bertz CT molecular complexity index is 581. The Morgan fingerprint density at radius 3 is 2.70 bits per heavy atom. The highest BCUT2D eigenvalue weighted by molar-refractivity contribution is 9.10. The number of nitrogens with zero attached hydrogens (tertiary/aromatic N) is 2. The number of nitro benzene ring substituents is 1. The lowest BCUT2D eigenvalue weighted by molar-refractivity contribution is -0.384. The van der Waals surface area contributed by atoms with Gasteiger partial charge in [0.05, 0.1) is 21.4 Å². The zero-order valence-electron chi connectivity index (χ0n) is 10.5. The standard InChI is InChI=1S/C12H12BrFN2O4/c1-6-4-15(5-7(6)12(17)18)10-2-8(13)9(14)3-11(10)16(19)20/h2-3,6-7H,4-5H2,1H3,(H,17,18)/t6-,7-/m1/s1. The van der Waals surface area contributed by atoms with Crippen molar-refractivity contribution in [2.75, 3.05) is 18.0 Å². The van der Waals surface area contributed by atoms with E-state index in [2.05, 4.69) is 15.9 Å². The maximum atomic E-state index is 13.4. The van der Waals surface area contributed by atoms with Gasteiger partial charge in [-0.05, 0) is 27.9 Å². The Labute approximate surface area is 122 Å². The molecule has 1 aliphatic rings. The Kier molecular flexibility index (Phi) is 3.94. The van der Waals surface area contributed by atoms with Crippen LogP contribution in [0.5, 0.6) is 0 Å². The molecule has 1 heterocycles. The number of aliphatic carboxylic acids is 1. The molecular formula is C12H12BrFN2O4. The molecule has 108 valence electrons. The summed E-state index contributed by atoms with van der Waals surface area (Å²) in [6, 6.07) is 2.17. The molecule has 0 radical (unpaired) electrons. The van der Waals surface area contributed by atoms with Crippen LogP contribution >= 0.6 is 15.9 Å². The van der Waals surface area contributed by atoms with Crippen molar-refractivity contribution in [2.24, 2.45) is 11.8 Å². The summed E-state index contributed by atoms with van der Waals surface area (Å²) in [5.74, 6) is -2.36. The largest absolute Gasteiger partial charge is 0.481 e. The van der Waals surface area contributed by atoms with Gasteiger partial charge in [-0.25, -0.2) is 4.39 Å². The molecular weight excluding hydrogens is 335 g/mol. The van der Waals surface area contributed by atoms with Crippen LogP contribution in [0.1, 0.15) is 6.92 Å². The Balaban J connectivity index is 2.41. The summed E-state index contributed by atoms with van der Waals surface area (Å²) >= 11 is 3.00. The van der Waals surface area contributed by atoms with E-state index >= 15 is 0 Å². The molecule has 1 saturated heterocycles. The highest BCUT2D eigenvalue weighted by Crippen LogP contribution is 2.37. The summed E-state index contributed by atoms with van der Waals surface area (Å²) in [5.41, 5.74) is -0.122. The van der Waals surface area contributed by atoms with Crippen LogP contribution in [0.2, 0.25) is 0 Å². The Morgan fingerprint density at radius 2 is 2.20 bits per heavy atom. The fraction of sp³-hybridized carbons (Fsp3) is 0.417. The van der Waals surface area contributed by atoms with Gasteiger partial charge in [0.2, 0.25) is 0 Å². The number of carboxylic acid groups (broad SMARTS) is 1. The number of halogens is 2. The fourth-order valence-corrected chi connectivity index (χ4v) is 2.74. The lowest BCUT2D eigenvalue weighted by atomic mass is 9.99. The molecule has 0 unspecified atom stereocenters. The molecule has 1 aromatic rings. The van der Waals surface area contributed by atoms with E-state index in [9.17, 15) is 19.3 Å². The highest BCUT2D eigenvalue weighted by Gasteiger charge is 2.37. The zero-order valence-corrected chi connectivity index (χ0v) is 12.1. The van der Waals surface area contributed by atoms with Crippen LogP contribution in [-0.2, 0) is 4.79 Å². The van der Waals surface area contributed by atoms with Crippen LogP contribution < -0.4 is 4.90 Å². The number of hydrogen-bond donors (Lipinski definition) is 1. The zero-order chi connectivity index (χ0) is 15.0. The van der Waals surface area contributed by atoms with Crippen LogP contribution in [0.25, 0.3) is 0 Å². The molecule has 0 aliphatic carbocycles. The molecule has 20 heavy (non-hydrogen) atoms. The Morgan fingerprint density at radius 1 is 1.55 bits per heavy atom. The van der Waals surface area contributed by atoms with Gasteiger partial charge >= 0.3 is 5.97 Å². The lowest BCUT2D eigenvalue weighted by Crippen LogP contribution is -2.23. The van der Waals surface area contributed by atoms with Gasteiger partial charge in [0, 0.05) is 13.1 Å². The minimum atomic E-state index is -0.927. The number of rotatable bonds is 3. The van der Waals surface area contributed by atoms with Crippen LogP contribution in [0.3, 0.4) is 0 Å². The van der Waals surface area contributed by atoms with E-state index in [1.165, 1.54) is 6.07 Å². The summed E-state index contributed by atoms with van der Waals surface area (Å²) in [6.45, 7) is 2.34. The average molecular weight is 347 g/mol. The molecule has 1 aromatic carbocycles. The predicted octanol–water partition coefficient (Wildman–Crippen LogP) is 2.65. The van der Waals surface area contributed by atoms with Crippen molar-refractivity contribution < 1.29 is 19.2 Å². The summed E-state index contributed by atoms with van der Waals surface area (Å²) < 4.78 is 13.5. The van der Waals surface area contributed by atoms with Crippen molar-refractivity contribution in [3.05, 3.63) is 32.5 Å². The van der Waals surface area contributed by atoms with Crippen LogP contribution in [-0.4, -0.2) is 29.1 Å². The first-order valence-electron chi connectivity index (χ1n) is 5.92. The first-order valence-corrected chi connectivity index (χ1v) is 6.71. The molecule has 0 bridgehead atoms. The monoisotopic (exact) mass is 346 g/mol. The van der Waals surface area contributed by atoms with Crippen molar-refractivity contribution >= 4 is 33.3 Å². The quantitative estimate of drug-likeness (QED) is 0.671. The molecule has 2 atom stereocenters. The molecule has 0 aromatic heterocycles. The van der Waals surface area contributed by atoms with Gasteiger partial charge in [0.1, 0.15) is 11.5 Å². The molecule has 6 nitrogen and oxygen atoms in total. The summed E-state index contributed by atoms with van der Waals surface area (Å²) in [5, 5.41) is 20.1.